The summed E-state index contributed by atoms with van der Waals surface area (Å²) >= 11 is 0. The van der Waals surface area contributed by atoms with Crippen LogP contribution in [0.2, 0.25) is 0 Å². The maximum absolute atomic E-state index is 12.3. The summed E-state index contributed by atoms with van der Waals surface area (Å²) in [5.74, 6) is 1.22. The van der Waals surface area contributed by atoms with E-state index in [1.807, 2.05) is 30.3 Å². The summed E-state index contributed by atoms with van der Waals surface area (Å²) in [6.07, 6.45) is 0.803. The van der Waals surface area contributed by atoms with Gasteiger partial charge in [0.15, 0.2) is 0 Å². The number of benzene rings is 2. The van der Waals surface area contributed by atoms with Crippen molar-refractivity contribution in [1.82, 2.24) is 4.90 Å². The number of anilines is 1. The van der Waals surface area contributed by atoms with Crippen LogP contribution in [0.15, 0.2) is 48.5 Å². The second-order valence-corrected chi connectivity index (χ2v) is 5.95. The quantitative estimate of drug-likeness (QED) is 0.897. The first-order chi connectivity index (χ1) is 12.2. The molecule has 1 unspecified atom stereocenters. The standard InChI is InChI=1S/C19H19N3O3/c20-11-15-10-16(21-19(24)22-9-8-14(12-22)13-23)6-7-18(15)25-17-4-2-1-3-5-17/h1-7,10,14,23H,8-9,12-13H2,(H,21,24). The zero-order chi connectivity index (χ0) is 17.6. The molecule has 0 saturated carbocycles. The normalized spacial score (nSPS) is 16.3. The van der Waals surface area contributed by atoms with Gasteiger partial charge in [0.2, 0.25) is 0 Å². The van der Waals surface area contributed by atoms with E-state index in [1.165, 1.54) is 0 Å². The highest BCUT2D eigenvalue weighted by Crippen LogP contribution is 2.27. The van der Waals surface area contributed by atoms with Gasteiger partial charge in [-0.25, -0.2) is 4.79 Å². The highest BCUT2D eigenvalue weighted by atomic mass is 16.5. The SMILES string of the molecule is N#Cc1cc(NC(=O)N2CCC(CO)C2)ccc1Oc1ccccc1. The number of carbonyl (C=O) groups excluding carboxylic acids is 1. The molecule has 25 heavy (non-hydrogen) atoms. The summed E-state index contributed by atoms with van der Waals surface area (Å²) in [7, 11) is 0. The van der Waals surface area contributed by atoms with Gasteiger partial charge in [-0.1, -0.05) is 18.2 Å². The largest absolute Gasteiger partial charge is 0.456 e. The second kappa shape index (κ2) is 7.69. The van der Waals surface area contributed by atoms with Crippen LogP contribution in [-0.2, 0) is 0 Å². The molecule has 0 spiro atoms. The molecule has 1 aliphatic heterocycles. The fourth-order valence-corrected chi connectivity index (χ4v) is 2.77. The van der Waals surface area contributed by atoms with Gasteiger partial charge in [-0.3, -0.25) is 0 Å². The molecule has 1 atom stereocenters. The Bertz CT molecular complexity index is 786. The van der Waals surface area contributed by atoms with Gasteiger partial charge in [0, 0.05) is 31.3 Å². The fourth-order valence-electron chi connectivity index (χ4n) is 2.77. The van der Waals surface area contributed by atoms with Crippen LogP contribution in [0.5, 0.6) is 11.5 Å². The molecule has 1 aliphatic rings. The number of urea groups is 1. The van der Waals surface area contributed by atoms with E-state index in [0.29, 0.717) is 35.8 Å². The number of hydrogen-bond acceptors (Lipinski definition) is 4. The predicted octanol–water partition coefficient (Wildman–Crippen LogP) is 3.20. The van der Waals surface area contributed by atoms with Crippen LogP contribution in [-0.4, -0.2) is 35.7 Å². The Labute approximate surface area is 146 Å². The van der Waals surface area contributed by atoms with Gasteiger partial charge in [-0.05, 0) is 36.8 Å². The number of nitriles is 1. The zero-order valence-electron chi connectivity index (χ0n) is 13.7. The van der Waals surface area contributed by atoms with Crippen LogP contribution in [0, 0.1) is 17.2 Å². The maximum Gasteiger partial charge on any atom is 0.321 e. The minimum atomic E-state index is -0.225. The molecule has 0 bridgehead atoms. The van der Waals surface area contributed by atoms with Gasteiger partial charge in [0.1, 0.15) is 17.6 Å². The maximum atomic E-state index is 12.3. The number of para-hydroxylation sites is 1. The smallest absolute Gasteiger partial charge is 0.321 e. The predicted molar refractivity (Wildman–Crippen MR) is 93.5 cm³/mol. The van der Waals surface area contributed by atoms with E-state index in [9.17, 15) is 10.1 Å². The molecule has 0 aromatic heterocycles. The van der Waals surface area contributed by atoms with Crippen LogP contribution >= 0.6 is 0 Å². The highest BCUT2D eigenvalue weighted by Gasteiger charge is 2.25. The minimum absolute atomic E-state index is 0.0912. The minimum Gasteiger partial charge on any atom is -0.456 e. The molecule has 2 amide bonds. The molecule has 1 heterocycles. The Morgan fingerprint density at radius 2 is 2.12 bits per heavy atom. The summed E-state index contributed by atoms with van der Waals surface area (Å²) < 4.78 is 5.72. The lowest BCUT2D eigenvalue weighted by Crippen LogP contribution is -2.33. The zero-order valence-corrected chi connectivity index (χ0v) is 13.7. The number of nitrogens with one attached hydrogen (secondary N) is 1. The lowest BCUT2D eigenvalue weighted by Gasteiger charge is -2.17. The number of likely N-dealkylation sites (tertiary alicyclic amines) is 1. The Balaban J connectivity index is 1.69. The van der Waals surface area contributed by atoms with Crippen molar-refractivity contribution in [3.05, 3.63) is 54.1 Å². The molecule has 2 aromatic rings. The monoisotopic (exact) mass is 337 g/mol. The summed E-state index contributed by atoms with van der Waals surface area (Å²) in [5, 5.41) is 21.3. The lowest BCUT2D eigenvalue weighted by atomic mass is 10.1. The van der Waals surface area contributed by atoms with Crippen molar-refractivity contribution in [3.8, 4) is 17.6 Å². The van der Waals surface area contributed by atoms with Crippen molar-refractivity contribution >= 4 is 11.7 Å². The van der Waals surface area contributed by atoms with Gasteiger partial charge < -0.3 is 20.1 Å². The molecule has 6 nitrogen and oxygen atoms in total. The number of ether oxygens (including phenoxy) is 1. The molecule has 128 valence electrons. The number of hydrogen-bond donors (Lipinski definition) is 2. The van der Waals surface area contributed by atoms with Crippen LogP contribution in [0.4, 0.5) is 10.5 Å². The van der Waals surface area contributed by atoms with E-state index in [4.69, 9.17) is 9.84 Å². The van der Waals surface area contributed by atoms with E-state index in [-0.39, 0.29) is 18.6 Å². The van der Waals surface area contributed by atoms with Crippen molar-refractivity contribution in [1.29, 1.82) is 5.26 Å². The number of carbonyl (C=O) groups is 1. The van der Waals surface area contributed by atoms with Gasteiger partial charge in [0.05, 0.1) is 5.56 Å². The third-order valence-electron chi connectivity index (χ3n) is 4.15. The van der Waals surface area contributed by atoms with E-state index in [0.717, 1.165) is 6.42 Å². The molecule has 2 aromatic carbocycles. The summed E-state index contributed by atoms with van der Waals surface area (Å²) in [5.41, 5.74) is 0.880. The number of nitrogens with zero attached hydrogens (tertiary/aromatic N) is 2. The average Bonchev–Trinajstić information content (AvgIpc) is 3.13. The lowest BCUT2D eigenvalue weighted by molar-refractivity contribution is 0.209. The van der Waals surface area contributed by atoms with Gasteiger partial charge >= 0.3 is 6.03 Å². The van der Waals surface area contributed by atoms with Crippen LogP contribution in [0.25, 0.3) is 0 Å². The van der Waals surface area contributed by atoms with Crippen molar-refractivity contribution in [3.63, 3.8) is 0 Å². The van der Waals surface area contributed by atoms with Crippen LogP contribution in [0.3, 0.4) is 0 Å². The number of amides is 2. The molecular weight excluding hydrogens is 318 g/mol. The molecule has 0 aliphatic carbocycles. The van der Waals surface area contributed by atoms with Crippen LogP contribution in [0.1, 0.15) is 12.0 Å². The Morgan fingerprint density at radius 3 is 2.80 bits per heavy atom. The van der Waals surface area contributed by atoms with Gasteiger partial charge in [0.25, 0.3) is 0 Å². The first-order valence-corrected chi connectivity index (χ1v) is 8.13. The van der Waals surface area contributed by atoms with E-state index in [1.54, 1.807) is 23.1 Å². The van der Waals surface area contributed by atoms with Crippen molar-refractivity contribution < 1.29 is 14.6 Å². The average molecular weight is 337 g/mol. The molecule has 1 fully saturated rings. The summed E-state index contributed by atoms with van der Waals surface area (Å²) in [6, 6.07) is 16.0. The van der Waals surface area contributed by atoms with E-state index in [2.05, 4.69) is 11.4 Å². The Hall–Kier alpha value is -3.04. The van der Waals surface area contributed by atoms with Crippen molar-refractivity contribution in [2.24, 2.45) is 5.92 Å². The van der Waals surface area contributed by atoms with Gasteiger partial charge in [-0.2, -0.15) is 5.26 Å². The number of aliphatic hydroxyl groups excluding tert-OH is 1. The van der Waals surface area contributed by atoms with Gasteiger partial charge in [-0.15, -0.1) is 0 Å². The second-order valence-electron chi connectivity index (χ2n) is 5.95. The molecule has 2 N–H and O–H groups in total. The number of rotatable bonds is 4. The summed E-state index contributed by atoms with van der Waals surface area (Å²) in [4.78, 5) is 13.9. The Morgan fingerprint density at radius 1 is 1.32 bits per heavy atom. The Kier molecular flexibility index (Phi) is 5.17. The molecule has 0 radical (unpaired) electrons. The topological polar surface area (TPSA) is 85.6 Å². The van der Waals surface area contributed by atoms with Crippen molar-refractivity contribution in [2.75, 3.05) is 25.0 Å². The first kappa shape index (κ1) is 16.8. The third-order valence-corrected chi connectivity index (χ3v) is 4.15. The third kappa shape index (κ3) is 4.08. The molecule has 6 heteroatoms. The van der Waals surface area contributed by atoms with E-state index < -0.39 is 0 Å². The molecule has 3 rings (SSSR count). The first-order valence-electron chi connectivity index (χ1n) is 8.13. The molecule has 1 saturated heterocycles. The van der Waals surface area contributed by atoms with Crippen molar-refractivity contribution in [2.45, 2.75) is 6.42 Å². The van der Waals surface area contributed by atoms with E-state index >= 15 is 0 Å². The van der Waals surface area contributed by atoms with Crippen LogP contribution < -0.4 is 10.1 Å². The highest BCUT2D eigenvalue weighted by molar-refractivity contribution is 5.89. The fraction of sp³-hybridized carbons (Fsp3) is 0.263. The number of aliphatic hydroxyl groups is 1. The molecular formula is C19H19N3O3. The summed E-state index contributed by atoms with van der Waals surface area (Å²) in [6.45, 7) is 1.26.